The van der Waals surface area contributed by atoms with Gasteiger partial charge in [-0.25, -0.2) is 0 Å². The highest BCUT2D eigenvalue weighted by Crippen LogP contribution is 2.34. The van der Waals surface area contributed by atoms with Crippen molar-refractivity contribution in [2.75, 3.05) is 18.0 Å². The Balaban J connectivity index is 2.20. The van der Waals surface area contributed by atoms with Crippen molar-refractivity contribution in [3.8, 4) is 0 Å². The lowest BCUT2D eigenvalue weighted by Crippen LogP contribution is -2.27. The lowest BCUT2D eigenvalue weighted by molar-refractivity contribution is 0.708. The molecule has 0 unspecified atom stereocenters. The second-order valence-electron chi connectivity index (χ2n) is 4.97. The number of benzene rings is 1. The van der Waals surface area contributed by atoms with E-state index in [9.17, 15) is 0 Å². The lowest BCUT2D eigenvalue weighted by Gasteiger charge is -2.25. The van der Waals surface area contributed by atoms with Crippen LogP contribution < -0.4 is 10.6 Å². The van der Waals surface area contributed by atoms with E-state index >= 15 is 0 Å². The molecule has 3 nitrogen and oxygen atoms in total. The van der Waals surface area contributed by atoms with Crippen molar-refractivity contribution in [1.29, 1.82) is 5.41 Å². The summed E-state index contributed by atoms with van der Waals surface area (Å²) in [7, 11) is 0. The largest absolute Gasteiger partial charge is 0.384 e. The summed E-state index contributed by atoms with van der Waals surface area (Å²) in [6.07, 6.45) is 3.78. The van der Waals surface area contributed by atoms with E-state index in [1.165, 1.54) is 12.8 Å². The minimum absolute atomic E-state index is 0.0627. The zero-order valence-corrected chi connectivity index (χ0v) is 11.5. The van der Waals surface area contributed by atoms with Crippen molar-refractivity contribution >= 4 is 23.1 Å². The van der Waals surface area contributed by atoms with E-state index in [1.807, 2.05) is 12.1 Å². The van der Waals surface area contributed by atoms with Gasteiger partial charge in [-0.3, -0.25) is 5.41 Å². The second-order valence-corrected chi connectivity index (χ2v) is 5.38. The van der Waals surface area contributed by atoms with E-state index < -0.39 is 0 Å². The molecule has 2 rings (SSSR count). The lowest BCUT2D eigenvalue weighted by atomic mass is 10.1. The molecule has 0 amide bonds. The van der Waals surface area contributed by atoms with E-state index in [-0.39, 0.29) is 5.84 Å². The number of hydrogen-bond donors (Lipinski definition) is 2. The number of hydrogen-bond acceptors (Lipinski definition) is 2. The van der Waals surface area contributed by atoms with Crippen LogP contribution in [-0.2, 0) is 0 Å². The molecule has 1 aromatic carbocycles. The van der Waals surface area contributed by atoms with E-state index in [1.54, 1.807) is 6.07 Å². The summed E-state index contributed by atoms with van der Waals surface area (Å²) in [6, 6.07) is 5.64. The van der Waals surface area contributed by atoms with Crippen LogP contribution in [0.3, 0.4) is 0 Å². The van der Waals surface area contributed by atoms with Crippen molar-refractivity contribution < 1.29 is 0 Å². The fourth-order valence-corrected chi connectivity index (χ4v) is 2.42. The average Bonchev–Trinajstić information content (AvgIpc) is 3.12. The minimum Gasteiger partial charge on any atom is -0.384 e. The molecule has 98 valence electrons. The Morgan fingerprint density at radius 3 is 2.72 bits per heavy atom. The molecule has 0 aromatic heterocycles. The fourth-order valence-electron chi connectivity index (χ4n) is 2.12. The van der Waals surface area contributed by atoms with Crippen LogP contribution in [0.4, 0.5) is 5.69 Å². The number of nitrogens with two attached hydrogens (primary N) is 1. The van der Waals surface area contributed by atoms with Gasteiger partial charge in [0.15, 0.2) is 0 Å². The Hall–Kier alpha value is -1.22. The summed E-state index contributed by atoms with van der Waals surface area (Å²) >= 11 is 6.31. The van der Waals surface area contributed by atoms with Gasteiger partial charge in [0.05, 0.1) is 10.7 Å². The zero-order chi connectivity index (χ0) is 13.1. The normalized spacial score (nSPS) is 14.6. The maximum absolute atomic E-state index is 7.42. The molecule has 1 saturated carbocycles. The topological polar surface area (TPSA) is 53.1 Å². The second kappa shape index (κ2) is 5.61. The van der Waals surface area contributed by atoms with Crippen LogP contribution in [0, 0.1) is 11.3 Å². The van der Waals surface area contributed by atoms with Crippen molar-refractivity contribution in [3.63, 3.8) is 0 Å². The van der Waals surface area contributed by atoms with Crippen LogP contribution >= 0.6 is 11.6 Å². The molecule has 0 aliphatic heterocycles. The van der Waals surface area contributed by atoms with Gasteiger partial charge < -0.3 is 10.6 Å². The molecule has 0 bridgehead atoms. The van der Waals surface area contributed by atoms with Crippen LogP contribution in [0.25, 0.3) is 0 Å². The quantitative estimate of drug-likeness (QED) is 0.613. The SMILES string of the molecule is CCCN(CC1CC1)c1ccc(C(=N)N)cc1Cl. The number of rotatable bonds is 6. The third kappa shape index (κ3) is 3.16. The van der Waals surface area contributed by atoms with Gasteiger partial charge in [0.25, 0.3) is 0 Å². The number of nitrogens with zero attached hydrogens (tertiary/aromatic N) is 1. The summed E-state index contributed by atoms with van der Waals surface area (Å²) in [6.45, 7) is 4.29. The number of anilines is 1. The van der Waals surface area contributed by atoms with Crippen LogP contribution in [0.2, 0.25) is 5.02 Å². The molecule has 1 aromatic rings. The van der Waals surface area contributed by atoms with Crippen molar-refractivity contribution in [1.82, 2.24) is 0 Å². The van der Waals surface area contributed by atoms with Gasteiger partial charge in [0.2, 0.25) is 0 Å². The predicted octanol–water partition coefficient (Wildman–Crippen LogP) is 3.25. The number of amidine groups is 1. The highest BCUT2D eigenvalue weighted by molar-refractivity contribution is 6.33. The molecule has 1 aliphatic rings. The molecule has 0 saturated heterocycles. The number of nitrogens with one attached hydrogen (secondary N) is 1. The Bertz CT molecular complexity index is 441. The summed E-state index contributed by atoms with van der Waals surface area (Å²) in [5.74, 6) is 0.896. The Morgan fingerprint density at radius 1 is 1.50 bits per heavy atom. The first-order valence-corrected chi connectivity index (χ1v) is 6.88. The molecule has 0 heterocycles. The maximum Gasteiger partial charge on any atom is 0.122 e. The third-order valence-corrected chi connectivity index (χ3v) is 3.57. The summed E-state index contributed by atoms with van der Waals surface area (Å²) in [5.41, 5.74) is 7.22. The Kier molecular flexibility index (Phi) is 4.12. The molecular weight excluding hydrogens is 246 g/mol. The van der Waals surface area contributed by atoms with Gasteiger partial charge >= 0.3 is 0 Å². The van der Waals surface area contributed by atoms with Crippen LogP contribution in [0.1, 0.15) is 31.7 Å². The first kappa shape index (κ1) is 13.2. The molecule has 0 atom stereocenters. The molecule has 1 fully saturated rings. The average molecular weight is 266 g/mol. The van der Waals surface area contributed by atoms with Gasteiger partial charge in [-0.15, -0.1) is 0 Å². The van der Waals surface area contributed by atoms with Crippen molar-refractivity contribution in [2.24, 2.45) is 11.7 Å². The Morgan fingerprint density at radius 2 is 2.22 bits per heavy atom. The number of nitrogen functional groups attached to an aromatic ring is 1. The zero-order valence-electron chi connectivity index (χ0n) is 10.7. The van der Waals surface area contributed by atoms with Gasteiger partial charge in [-0.2, -0.15) is 0 Å². The highest BCUT2D eigenvalue weighted by atomic mass is 35.5. The monoisotopic (exact) mass is 265 g/mol. The van der Waals surface area contributed by atoms with Crippen LogP contribution in [0.5, 0.6) is 0 Å². The van der Waals surface area contributed by atoms with E-state index in [4.69, 9.17) is 22.7 Å². The third-order valence-electron chi connectivity index (χ3n) is 3.27. The van der Waals surface area contributed by atoms with Gasteiger partial charge in [0, 0.05) is 18.7 Å². The molecule has 1 aliphatic carbocycles. The standard InChI is InChI=1S/C14H20ClN3/c1-2-7-18(9-10-3-4-10)13-6-5-11(14(16)17)8-12(13)15/h5-6,8,10H,2-4,7,9H2,1H3,(H3,16,17). The highest BCUT2D eigenvalue weighted by Gasteiger charge is 2.25. The Labute approximate surface area is 113 Å². The predicted molar refractivity (Wildman–Crippen MR) is 77.7 cm³/mol. The molecule has 0 radical (unpaired) electrons. The molecule has 18 heavy (non-hydrogen) atoms. The van der Waals surface area contributed by atoms with Crippen molar-refractivity contribution in [2.45, 2.75) is 26.2 Å². The number of halogens is 1. The maximum atomic E-state index is 7.42. The van der Waals surface area contributed by atoms with Crippen LogP contribution in [-0.4, -0.2) is 18.9 Å². The van der Waals surface area contributed by atoms with Gasteiger partial charge in [-0.05, 0) is 43.4 Å². The van der Waals surface area contributed by atoms with Gasteiger partial charge in [-0.1, -0.05) is 18.5 Å². The first-order chi connectivity index (χ1) is 8.61. The molecule has 0 spiro atoms. The van der Waals surface area contributed by atoms with Gasteiger partial charge in [0.1, 0.15) is 5.84 Å². The summed E-state index contributed by atoms with van der Waals surface area (Å²) in [4.78, 5) is 2.35. The van der Waals surface area contributed by atoms with Crippen molar-refractivity contribution in [3.05, 3.63) is 28.8 Å². The molecular formula is C14H20ClN3. The molecule has 4 heteroatoms. The first-order valence-electron chi connectivity index (χ1n) is 6.50. The van der Waals surface area contributed by atoms with E-state index in [0.29, 0.717) is 10.6 Å². The van der Waals surface area contributed by atoms with E-state index in [0.717, 1.165) is 31.1 Å². The fraction of sp³-hybridized carbons (Fsp3) is 0.500. The summed E-state index contributed by atoms with van der Waals surface area (Å²) < 4.78 is 0. The molecule has 3 N–H and O–H groups in total. The van der Waals surface area contributed by atoms with E-state index in [2.05, 4.69) is 11.8 Å². The minimum atomic E-state index is 0.0627. The van der Waals surface area contributed by atoms with Crippen LogP contribution in [0.15, 0.2) is 18.2 Å². The smallest absolute Gasteiger partial charge is 0.122 e. The summed E-state index contributed by atoms with van der Waals surface area (Å²) in [5, 5.41) is 8.11.